The van der Waals surface area contributed by atoms with E-state index in [0.29, 0.717) is 12.1 Å². The minimum Gasteiger partial charge on any atom is -0.381 e. The van der Waals surface area contributed by atoms with Crippen LogP contribution in [0.1, 0.15) is 37.8 Å². The summed E-state index contributed by atoms with van der Waals surface area (Å²) in [5.74, 6) is 0. The van der Waals surface area contributed by atoms with Gasteiger partial charge in [-0.3, -0.25) is 0 Å². The number of hydrogen-bond acceptors (Lipinski definition) is 2. The van der Waals surface area contributed by atoms with Crippen LogP contribution in [-0.4, -0.2) is 19.3 Å². The average molecular weight is 298 g/mol. The minimum absolute atomic E-state index is 0.383. The summed E-state index contributed by atoms with van der Waals surface area (Å²) in [6.45, 7) is 4.04. The molecule has 1 saturated heterocycles. The van der Waals surface area contributed by atoms with Gasteiger partial charge < -0.3 is 10.1 Å². The lowest BCUT2D eigenvalue weighted by Crippen LogP contribution is -2.31. The third-order valence-electron chi connectivity index (χ3n) is 3.31. The summed E-state index contributed by atoms with van der Waals surface area (Å²) < 4.78 is 6.67. The van der Waals surface area contributed by atoms with Crippen molar-refractivity contribution in [1.82, 2.24) is 5.32 Å². The Balaban J connectivity index is 1.96. The molecule has 0 saturated carbocycles. The molecule has 2 unspecified atom stereocenters. The normalized spacial score (nSPS) is 23.1. The van der Waals surface area contributed by atoms with Crippen LogP contribution < -0.4 is 5.32 Å². The molecule has 0 aromatic heterocycles. The summed E-state index contributed by atoms with van der Waals surface area (Å²) in [4.78, 5) is 0. The van der Waals surface area contributed by atoms with Gasteiger partial charge in [-0.25, -0.2) is 0 Å². The summed E-state index contributed by atoms with van der Waals surface area (Å²) in [5, 5.41) is 3.71. The van der Waals surface area contributed by atoms with Crippen molar-refractivity contribution >= 4 is 15.9 Å². The zero-order valence-corrected chi connectivity index (χ0v) is 11.9. The Morgan fingerprint density at radius 3 is 2.94 bits per heavy atom. The fraction of sp³-hybridized carbons (Fsp3) is 0.571. The smallest absolute Gasteiger partial charge is 0.0480 e. The Bertz CT molecular complexity index is 348. The summed E-state index contributed by atoms with van der Waals surface area (Å²) >= 11 is 3.61. The second kappa shape index (κ2) is 6.53. The maximum absolute atomic E-state index is 5.49. The average Bonchev–Trinajstić information content (AvgIpc) is 2.58. The van der Waals surface area contributed by atoms with Crippen molar-refractivity contribution in [3.63, 3.8) is 0 Å². The highest BCUT2D eigenvalue weighted by Gasteiger charge is 2.16. The molecule has 1 aliphatic rings. The molecule has 2 rings (SSSR count). The Morgan fingerprint density at radius 1 is 1.29 bits per heavy atom. The SMILES string of the molecule is CC(NC1CCCOCC1)c1ccccc1Br. The fourth-order valence-corrected chi connectivity index (χ4v) is 2.97. The number of hydrogen-bond donors (Lipinski definition) is 1. The second-order valence-electron chi connectivity index (χ2n) is 4.65. The van der Waals surface area contributed by atoms with E-state index in [1.165, 1.54) is 22.9 Å². The van der Waals surface area contributed by atoms with Gasteiger partial charge in [0.2, 0.25) is 0 Å². The molecular formula is C14H20BrNO. The monoisotopic (exact) mass is 297 g/mol. The molecule has 1 aromatic rings. The van der Waals surface area contributed by atoms with Gasteiger partial charge in [-0.1, -0.05) is 34.1 Å². The van der Waals surface area contributed by atoms with E-state index in [1.54, 1.807) is 0 Å². The van der Waals surface area contributed by atoms with Crippen LogP contribution in [0.5, 0.6) is 0 Å². The molecule has 1 N–H and O–H groups in total. The molecule has 3 heteroatoms. The van der Waals surface area contributed by atoms with Crippen LogP contribution >= 0.6 is 15.9 Å². The van der Waals surface area contributed by atoms with Gasteiger partial charge in [0.15, 0.2) is 0 Å². The van der Waals surface area contributed by atoms with E-state index >= 15 is 0 Å². The molecule has 0 amide bonds. The molecule has 94 valence electrons. The third kappa shape index (κ3) is 3.80. The van der Waals surface area contributed by atoms with E-state index in [0.717, 1.165) is 19.6 Å². The van der Waals surface area contributed by atoms with Gasteiger partial charge >= 0.3 is 0 Å². The number of halogens is 1. The predicted octanol–water partition coefficient (Wildman–Crippen LogP) is 3.67. The van der Waals surface area contributed by atoms with Crippen LogP contribution in [0.25, 0.3) is 0 Å². The molecule has 0 bridgehead atoms. The first-order chi connectivity index (χ1) is 8.27. The Kier molecular flexibility index (Phi) is 5.01. The minimum atomic E-state index is 0.383. The van der Waals surface area contributed by atoms with Gasteiger partial charge in [0.05, 0.1) is 0 Å². The third-order valence-corrected chi connectivity index (χ3v) is 4.03. The van der Waals surface area contributed by atoms with Gasteiger partial charge in [-0.05, 0) is 37.8 Å². The first kappa shape index (κ1) is 13.1. The van der Waals surface area contributed by atoms with Crippen molar-refractivity contribution in [2.24, 2.45) is 0 Å². The van der Waals surface area contributed by atoms with E-state index in [2.05, 4.69) is 52.4 Å². The molecule has 0 spiro atoms. The van der Waals surface area contributed by atoms with Crippen molar-refractivity contribution in [2.45, 2.75) is 38.3 Å². The lowest BCUT2D eigenvalue weighted by molar-refractivity contribution is 0.142. The molecule has 1 fully saturated rings. The zero-order valence-electron chi connectivity index (χ0n) is 10.3. The highest BCUT2D eigenvalue weighted by Crippen LogP contribution is 2.24. The molecule has 0 radical (unpaired) electrons. The number of ether oxygens (including phenoxy) is 1. The summed E-state index contributed by atoms with van der Waals surface area (Å²) in [7, 11) is 0. The largest absolute Gasteiger partial charge is 0.381 e. The van der Waals surface area contributed by atoms with Crippen LogP contribution in [0.4, 0.5) is 0 Å². The first-order valence-electron chi connectivity index (χ1n) is 6.35. The van der Waals surface area contributed by atoms with Crippen LogP contribution in [0.3, 0.4) is 0 Å². The zero-order chi connectivity index (χ0) is 12.1. The lowest BCUT2D eigenvalue weighted by Gasteiger charge is -2.22. The second-order valence-corrected chi connectivity index (χ2v) is 5.50. The highest BCUT2D eigenvalue weighted by molar-refractivity contribution is 9.10. The molecule has 2 nitrogen and oxygen atoms in total. The maximum Gasteiger partial charge on any atom is 0.0480 e. The standard InChI is InChI=1S/C14H20BrNO/c1-11(13-6-2-3-7-14(13)15)16-12-5-4-9-17-10-8-12/h2-3,6-7,11-12,16H,4-5,8-10H2,1H3. The highest BCUT2D eigenvalue weighted by atomic mass is 79.9. The van der Waals surface area contributed by atoms with Crippen LogP contribution in [0, 0.1) is 0 Å². The van der Waals surface area contributed by atoms with Crippen LogP contribution in [0.15, 0.2) is 28.7 Å². The van der Waals surface area contributed by atoms with Crippen LogP contribution in [-0.2, 0) is 4.74 Å². The first-order valence-corrected chi connectivity index (χ1v) is 7.15. The van der Waals surface area contributed by atoms with E-state index in [-0.39, 0.29) is 0 Å². The molecule has 1 aliphatic heterocycles. The maximum atomic E-state index is 5.49. The Morgan fingerprint density at radius 2 is 2.12 bits per heavy atom. The summed E-state index contributed by atoms with van der Waals surface area (Å²) in [6, 6.07) is 9.39. The summed E-state index contributed by atoms with van der Waals surface area (Å²) in [5.41, 5.74) is 1.33. The van der Waals surface area contributed by atoms with E-state index in [4.69, 9.17) is 4.74 Å². The molecule has 17 heavy (non-hydrogen) atoms. The van der Waals surface area contributed by atoms with E-state index in [9.17, 15) is 0 Å². The van der Waals surface area contributed by atoms with Crippen molar-refractivity contribution in [3.8, 4) is 0 Å². The lowest BCUT2D eigenvalue weighted by atomic mass is 10.0. The topological polar surface area (TPSA) is 21.3 Å². The van der Waals surface area contributed by atoms with Crippen molar-refractivity contribution in [2.75, 3.05) is 13.2 Å². The quantitative estimate of drug-likeness (QED) is 0.919. The van der Waals surface area contributed by atoms with Gasteiger partial charge in [0.25, 0.3) is 0 Å². The summed E-state index contributed by atoms with van der Waals surface area (Å²) in [6.07, 6.45) is 3.50. The van der Waals surface area contributed by atoms with E-state index < -0.39 is 0 Å². The van der Waals surface area contributed by atoms with Crippen molar-refractivity contribution in [1.29, 1.82) is 0 Å². The van der Waals surface area contributed by atoms with Gasteiger partial charge in [0.1, 0.15) is 0 Å². The molecule has 0 aliphatic carbocycles. The molecule has 2 atom stereocenters. The molecular weight excluding hydrogens is 278 g/mol. The Hall–Kier alpha value is -0.380. The van der Waals surface area contributed by atoms with Gasteiger partial charge in [-0.2, -0.15) is 0 Å². The predicted molar refractivity (Wildman–Crippen MR) is 74.2 cm³/mol. The van der Waals surface area contributed by atoms with Gasteiger partial charge in [0, 0.05) is 29.8 Å². The van der Waals surface area contributed by atoms with Crippen LogP contribution in [0.2, 0.25) is 0 Å². The number of rotatable bonds is 3. The number of nitrogens with one attached hydrogen (secondary N) is 1. The Labute approximate surface area is 112 Å². The molecule has 1 heterocycles. The number of benzene rings is 1. The van der Waals surface area contributed by atoms with Crippen molar-refractivity contribution in [3.05, 3.63) is 34.3 Å². The molecule has 1 aromatic carbocycles. The van der Waals surface area contributed by atoms with Gasteiger partial charge in [-0.15, -0.1) is 0 Å². The van der Waals surface area contributed by atoms with Crippen molar-refractivity contribution < 1.29 is 4.74 Å². The van der Waals surface area contributed by atoms with E-state index in [1.807, 2.05) is 0 Å². The fourth-order valence-electron chi connectivity index (χ4n) is 2.34.